The van der Waals surface area contributed by atoms with Crippen LogP contribution in [0.15, 0.2) is 107 Å². The zero-order valence-corrected chi connectivity index (χ0v) is 25.6. The highest BCUT2D eigenvalue weighted by atomic mass is 32.1. The number of hydrogen-bond acceptors (Lipinski definition) is 8. The van der Waals surface area contributed by atoms with Gasteiger partial charge in [0, 0.05) is 5.39 Å². The fraction of sp³-hybridized carbons (Fsp3) is 0.139. The second kappa shape index (κ2) is 11.3. The summed E-state index contributed by atoms with van der Waals surface area (Å²) in [7, 11) is 1.52. The van der Waals surface area contributed by atoms with E-state index in [0.717, 1.165) is 26.9 Å². The molecule has 9 heteroatoms. The number of aliphatic hydroxyl groups excluding tert-OH is 1. The van der Waals surface area contributed by atoms with E-state index in [4.69, 9.17) is 18.9 Å². The monoisotopic (exact) mass is 616 g/mol. The van der Waals surface area contributed by atoms with Crippen LogP contribution in [0.4, 0.5) is 5.13 Å². The van der Waals surface area contributed by atoms with E-state index in [0.29, 0.717) is 39.8 Å². The Morgan fingerprint density at radius 1 is 1.00 bits per heavy atom. The summed E-state index contributed by atoms with van der Waals surface area (Å²) in [6.07, 6.45) is 0. The second-order valence-electron chi connectivity index (χ2n) is 10.9. The molecular weight excluding hydrogens is 588 g/mol. The van der Waals surface area contributed by atoms with Crippen molar-refractivity contribution < 1.29 is 28.6 Å². The number of thiazole rings is 1. The highest BCUT2D eigenvalue weighted by Crippen LogP contribution is 2.45. The molecule has 7 rings (SSSR count). The standard InChI is InChI=1S/C36H28N2O6S/c1-20-16-21(2)30-28(17-20)45-36(37-30)38-31(23-12-14-25(15-13-23)43-19-22-8-5-4-6-9-22)29(33(40)35(38)41)32(39)27-18-24-10-7-11-26(42-3)34(24)44-27/h4-18,31,40H,19H2,1-3H3. The minimum Gasteiger partial charge on any atom is -0.503 e. The van der Waals surface area contributed by atoms with Crippen LogP contribution in [0.2, 0.25) is 0 Å². The molecule has 0 saturated heterocycles. The number of furan rings is 1. The van der Waals surface area contributed by atoms with Gasteiger partial charge in [-0.2, -0.15) is 0 Å². The van der Waals surface area contributed by atoms with Crippen LogP contribution in [0.25, 0.3) is 21.2 Å². The largest absolute Gasteiger partial charge is 0.503 e. The van der Waals surface area contributed by atoms with Crippen molar-refractivity contribution in [3.63, 3.8) is 0 Å². The third-order valence-corrected chi connectivity index (χ3v) is 8.87. The van der Waals surface area contributed by atoms with Crippen molar-refractivity contribution in [2.75, 3.05) is 12.0 Å². The van der Waals surface area contributed by atoms with Gasteiger partial charge in [0.05, 0.1) is 28.9 Å². The number of methoxy groups -OCH3 is 1. The van der Waals surface area contributed by atoms with Gasteiger partial charge in [0.25, 0.3) is 5.91 Å². The topological polar surface area (TPSA) is 102 Å². The summed E-state index contributed by atoms with van der Waals surface area (Å²) < 4.78 is 18.3. The minimum atomic E-state index is -0.967. The molecule has 0 bridgehead atoms. The number of nitrogens with zero attached hydrogens (tertiary/aromatic N) is 2. The van der Waals surface area contributed by atoms with Crippen LogP contribution in [0.3, 0.4) is 0 Å². The van der Waals surface area contributed by atoms with Gasteiger partial charge in [-0.05, 0) is 66.4 Å². The third kappa shape index (κ3) is 5.01. The molecule has 2 aromatic heterocycles. The summed E-state index contributed by atoms with van der Waals surface area (Å²) in [6.45, 7) is 4.36. The molecule has 1 amide bonds. The number of benzene rings is 4. The molecule has 1 aliphatic rings. The minimum absolute atomic E-state index is 0.0192. The lowest BCUT2D eigenvalue weighted by atomic mass is 9.95. The number of fused-ring (bicyclic) bond motifs is 2. The zero-order chi connectivity index (χ0) is 31.2. The fourth-order valence-electron chi connectivity index (χ4n) is 5.74. The molecule has 0 saturated carbocycles. The summed E-state index contributed by atoms with van der Waals surface area (Å²) in [5.74, 6) is -0.894. The van der Waals surface area contributed by atoms with Gasteiger partial charge in [0.1, 0.15) is 12.4 Å². The summed E-state index contributed by atoms with van der Waals surface area (Å²) in [5, 5.41) is 12.4. The number of amides is 1. The van der Waals surface area contributed by atoms with Gasteiger partial charge in [-0.1, -0.05) is 72.0 Å². The molecular formula is C36H28N2O6S. The van der Waals surface area contributed by atoms with Crippen LogP contribution in [0.1, 0.15) is 38.9 Å². The molecule has 45 heavy (non-hydrogen) atoms. The van der Waals surface area contributed by atoms with Crippen molar-refractivity contribution in [2.45, 2.75) is 26.5 Å². The molecule has 1 unspecified atom stereocenters. The maximum absolute atomic E-state index is 14.2. The van der Waals surface area contributed by atoms with E-state index in [9.17, 15) is 14.7 Å². The first-order chi connectivity index (χ1) is 21.8. The number of aliphatic hydroxyl groups is 1. The van der Waals surface area contributed by atoms with Crippen molar-refractivity contribution in [2.24, 2.45) is 0 Å². The molecule has 1 atom stereocenters. The molecule has 0 aliphatic carbocycles. The molecule has 1 aliphatic heterocycles. The number of aryl methyl sites for hydroxylation is 2. The summed E-state index contributed by atoms with van der Waals surface area (Å²) >= 11 is 1.33. The highest BCUT2D eigenvalue weighted by molar-refractivity contribution is 7.22. The maximum Gasteiger partial charge on any atom is 0.296 e. The van der Waals surface area contributed by atoms with Crippen molar-refractivity contribution in [3.05, 3.63) is 130 Å². The summed E-state index contributed by atoms with van der Waals surface area (Å²) in [6, 6.07) is 27.0. The molecule has 1 N–H and O–H groups in total. The Morgan fingerprint density at radius 2 is 1.78 bits per heavy atom. The van der Waals surface area contributed by atoms with E-state index in [1.165, 1.54) is 23.3 Å². The number of hydrogen-bond donors (Lipinski definition) is 1. The first-order valence-corrected chi connectivity index (χ1v) is 15.2. The Hall–Kier alpha value is -5.41. The summed E-state index contributed by atoms with van der Waals surface area (Å²) in [5.41, 5.74) is 4.74. The predicted octanol–water partition coefficient (Wildman–Crippen LogP) is 8.03. The number of ketones is 1. The lowest BCUT2D eigenvalue weighted by Gasteiger charge is -2.24. The zero-order valence-electron chi connectivity index (χ0n) is 24.7. The fourth-order valence-corrected chi connectivity index (χ4v) is 6.91. The molecule has 3 heterocycles. The molecule has 4 aromatic carbocycles. The van der Waals surface area contributed by atoms with Crippen LogP contribution in [-0.2, 0) is 11.4 Å². The first-order valence-electron chi connectivity index (χ1n) is 14.3. The number of carbonyl (C=O) groups excluding carboxylic acids is 2. The molecule has 224 valence electrons. The van der Waals surface area contributed by atoms with Crippen LogP contribution < -0.4 is 14.4 Å². The van der Waals surface area contributed by atoms with Gasteiger partial charge in [0.15, 0.2) is 28.0 Å². The number of aromatic nitrogens is 1. The van der Waals surface area contributed by atoms with Crippen molar-refractivity contribution in [1.82, 2.24) is 4.98 Å². The number of anilines is 1. The second-order valence-corrected chi connectivity index (χ2v) is 11.9. The maximum atomic E-state index is 14.2. The molecule has 0 spiro atoms. The normalized spacial score (nSPS) is 15.0. The SMILES string of the molecule is COc1cccc2cc(C(=O)C3=C(O)C(=O)N(c4nc5c(C)cc(C)cc5s4)C3c3ccc(OCc4ccccc4)cc3)oc12. The van der Waals surface area contributed by atoms with E-state index in [-0.39, 0.29) is 11.3 Å². The van der Waals surface area contributed by atoms with Gasteiger partial charge in [-0.15, -0.1) is 0 Å². The molecule has 0 radical (unpaired) electrons. The average Bonchev–Trinajstić information content (AvgIpc) is 3.75. The van der Waals surface area contributed by atoms with Gasteiger partial charge >= 0.3 is 0 Å². The number of carbonyl (C=O) groups is 2. The van der Waals surface area contributed by atoms with Gasteiger partial charge in [-0.3, -0.25) is 14.5 Å². The van der Waals surface area contributed by atoms with Gasteiger partial charge in [-0.25, -0.2) is 4.98 Å². The average molecular weight is 617 g/mol. The molecule has 0 fully saturated rings. The Labute approximate surface area is 262 Å². The van der Waals surface area contributed by atoms with Crippen LogP contribution in [0, 0.1) is 13.8 Å². The van der Waals surface area contributed by atoms with E-state index in [1.807, 2.05) is 56.3 Å². The van der Waals surface area contributed by atoms with Crippen molar-refractivity contribution >= 4 is 49.3 Å². The van der Waals surface area contributed by atoms with E-state index in [2.05, 4.69) is 0 Å². The Balaban J connectivity index is 1.31. The number of para-hydroxylation sites is 1. The van der Waals surface area contributed by atoms with Crippen LogP contribution in [0.5, 0.6) is 11.5 Å². The molecule has 6 aromatic rings. The third-order valence-electron chi connectivity index (χ3n) is 7.87. The summed E-state index contributed by atoms with van der Waals surface area (Å²) in [4.78, 5) is 34.2. The number of ether oxygens (including phenoxy) is 2. The van der Waals surface area contributed by atoms with Gasteiger partial charge < -0.3 is 19.0 Å². The smallest absolute Gasteiger partial charge is 0.296 e. The Morgan fingerprint density at radius 3 is 2.53 bits per heavy atom. The highest BCUT2D eigenvalue weighted by Gasteiger charge is 2.46. The van der Waals surface area contributed by atoms with Crippen LogP contribution >= 0.6 is 11.3 Å². The lowest BCUT2D eigenvalue weighted by molar-refractivity contribution is -0.117. The molecule has 8 nitrogen and oxygen atoms in total. The number of rotatable bonds is 8. The van der Waals surface area contributed by atoms with Crippen molar-refractivity contribution in [3.8, 4) is 11.5 Å². The van der Waals surface area contributed by atoms with E-state index in [1.54, 1.807) is 48.5 Å². The number of Topliss-reactive ketones (excluding diaryl/α,β-unsaturated/α-hetero) is 1. The van der Waals surface area contributed by atoms with Gasteiger partial charge in [0.2, 0.25) is 5.78 Å². The quantitative estimate of drug-likeness (QED) is 0.173. The van der Waals surface area contributed by atoms with Crippen molar-refractivity contribution in [1.29, 1.82) is 0 Å². The van der Waals surface area contributed by atoms with E-state index >= 15 is 0 Å². The first kappa shape index (κ1) is 28.4. The van der Waals surface area contributed by atoms with E-state index < -0.39 is 23.5 Å². The Bertz CT molecular complexity index is 2130. The van der Waals surface area contributed by atoms with Crippen LogP contribution in [-0.4, -0.2) is 28.9 Å². The Kier molecular flexibility index (Phi) is 7.10. The lowest BCUT2D eigenvalue weighted by Crippen LogP contribution is -2.30. The predicted molar refractivity (Wildman–Crippen MR) is 173 cm³/mol.